The molecule has 0 atom stereocenters. The minimum Gasteiger partial charge on any atom is -0.487 e. The summed E-state index contributed by atoms with van der Waals surface area (Å²) in [5, 5.41) is 2.87. The largest absolute Gasteiger partial charge is 0.487 e. The summed E-state index contributed by atoms with van der Waals surface area (Å²) in [4.78, 5) is 13.3. The Morgan fingerprint density at radius 1 is 1.19 bits per heavy atom. The number of nitrogens with one attached hydrogen (secondary N) is 1. The summed E-state index contributed by atoms with van der Waals surface area (Å²) in [5.41, 5.74) is -0.700. The number of nitrogens with zero attached hydrogens (tertiary/aromatic N) is 1. The molecule has 1 saturated carbocycles. The van der Waals surface area contributed by atoms with Gasteiger partial charge in [-0.2, -0.15) is 13.2 Å². The molecule has 0 aromatic heterocycles. The summed E-state index contributed by atoms with van der Waals surface area (Å²) in [6, 6.07) is 4.81. The molecule has 1 aliphatic carbocycles. The van der Waals surface area contributed by atoms with Crippen molar-refractivity contribution in [2.24, 2.45) is 0 Å². The minimum atomic E-state index is -4.34. The zero-order valence-electron chi connectivity index (χ0n) is 11.2. The molecule has 1 heterocycles. The van der Waals surface area contributed by atoms with Gasteiger partial charge in [0.2, 0.25) is 0 Å². The van der Waals surface area contributed by atoms with E-state index in [1.807, 2.05) is 0 Å². The second-order valence-electron chi connectivity index (χ2n) is 5.39. The molecule has 1 saturated heterocycles. The van der Waals surface area contributed by atoms with Gasteiger partial charge >= 0.3 is 12.2 Å². The van der Waals surface area contributed by atoms with E-state index in [1.54, 1.807) is 4.90 Å². The number of amides is 2. The molecule has 7 heteroatoms. The molecule has 0 bridgehead atoms. The van der Waals surface area contributed by atoms with Gasteiger partial charge in [0.1, 0.15) is 11.9 Å². The first-order chi connectivity index (χ1) is 9.91. The lowest BCUT2D eigenvalue weighted by Gasteiger charge is -2.38. The van der Waals surface area contributed by atoms with Crippen molar-refractivity contribution >= 4 is 6.03 Å². The molecule has 2 amide bonds. The van der Waals surface area contributed by atoms with Gasteiger partial charge in [0.15, 0.2) is 0 Å². The van der Waals surface area contributed by atoms with Crippen LogP contribution in [0.5, 0.6) is 5.75 Å². The van der Waals surface area contributed by atoms with E-state index in [1.165, 1.54) is 12.1 Å². The molecule has 2 fully saturated rings. The second kappa shape index (κ2) is 5.13. The Balaban J connectivity index is 1.46. The number of carbonyl (C=O) groups is 1. The van der Waals surface area contributed by atoms with Gasteiger partial charge in [0.25, 0.3) is 0 Å². The van der Waals surface area contributed by atoms with E-state index in [0.29, 0.717) is 24.9 Å². The number of hydrogen-bond acceptors (Lipinski definition) is 2. The third-order valence-electron chi connectivity index (χ3n) is 3.52. The summed E-state index contributed by atoms with van der Waals surface area (Å²) in [6.07, 6.45) is -2.44. The summed E-state index contributed by atoms with van der Waals surface area (Å²) in [6.45, 7) is 0.916. The van der Waals surface area contributed by atoms with Gasteiger partial charge in [-0.05, 0) is 37.1 Å². The van der Waals surface area contributed by atoms with Crippen LogP contribution in [-0.4, -0.2) is 36.2 Å². The predicted molar refractivity (Wildman–Crippen MR) is 69.0 cm³/mol. The van der Waals surface area contributed by atoms with E-state index in [0.717, 1.165) is 25.0 Å². The molecule has 0 spiro atoms. The summed E-state index contributed by atoms with van der Waals surface area (Å²) >= 11 is 0. The van der Waals surface area contributed by atoms with Crippen molar-refractivity contribution in [1.82, 2.24) is 10.2 Å². The molecule has 0 radical (unpaired) electrons. The molecule has 3 rings (SSSR count). The summed E-state index contributed by atoms with van der Waals surface area (Å²) in [7, 11) is 0. The number of halogens is 3. The number of benzene rings is 1. The second-order valence-corrected chi connectivity index (χ2v) is 5.39. The molecule has 0 unspecified atom stereocenters. The number of rotatable bonds is 3. The predicted octanol–water partition coefficient (Wildman–Crippen LogP) is 2.64. The maximum absolute atomic E-state index is 12.4. The molecule has 2 aliphatic rings. The fourth-order valence-corrected chi connectivity index (χ4v) is 2.09. The van der Waals surface area contributed by atoms with E-state index in [-0.39, 0.29) is 12.1 Å². The van der Waals surface area contributed by atoms with Gasteiger partial charge in [-0.1, -0.05) is 0 Å². The van der Waals surface area contributed by atoms with Crippen LogP contribution in [0.25, 0.3) is 0 Å². The minimum absolute atomic E-state index is 0.0928. The van der Waals surface area contributed by atoms with E-state index in [9.17, 15) is 18.0 Å². The van der Waals surface area contributed by atoms with E-state index < -0.39 is 11.7 Å². The van der Waals surface area contributed by atoms with Gasteiger partial charge in [0, 0.05) is 6.04 Å². The topological polar surface area (TPSA) is 41.6 Å². The molecule has 21 heavy (non-hydrogen) atoms. The first kappa shape index (κ1) is 14.0. The third kappa shape index (κ3) is 3.40. The number of carbonyl (C=O) groups excluding carboxylic acids is 1. The molecule has 114 valence electrons. The van der Waals surface area contributed by atoms with Crippen LogP contribution in [0, 0.1) is 0 Å². The number of likely N-dealkylation sites (tertiary alicyclic amines) is 1. The van der Waals surface area contributed by atoms with Crippen LogP contribution in [0.3, 0.4) is 0 Å². The quantitative estimate of drug-likeness (QED) is 0.932. The van der Waals surface area contributed by atoms with Gasteiger partial charge in [-0.15, -0.1) is 0 Å². The smallest absolute Gasteiger partial charge is 0.416 e. The zero-order chi connectivity index (χ0) is 15.0. The van der Waals surface area contributed by atoms with Crippen molar-refractivity contribution in [2.45, 2.75) is 31.2 Å². The lowest BCUT2D eigenvalue weighted by Crippen LogP contribution is -2.59. The van der Waals surface area contributed by atoms with Crippen molar-refractivity contribution < 1.29 is 22.7 Å². The van der Waals surface area contributed by atoms with E-state index >= 15 is 0 Å². The number of urea groups is 1. The SMILES string of the molecule is O=C(NC1CC1)N1CC(Oc2ccc(C(F)(F)F)cc2)C1. The van der Waals surface area contributed by atoms with Crippen LogP contribution in [0.15, 0.2) is 24.3 Å². The highest BCUT2D eigenvalue weighted by atomic mass is 19.4. The van der Waals surface area contributed by atoms with E-state index in [4.69, 9.17) is 4.74 Å². The number of hydrogen-bond donors (Lipinski definition) is 1. The van der Waals surface area contributed by atoms with Crippen molar-refractivity contribution in [3.63, 3.8) is 0 Å². The van der Waals surface area contributed by atoms with Gasteiger partial charge < -0.3 is 15.0 Å². The van der Waals surface area contributed by atoms with Crippen LogP contribution in [-0.2, 0) is 6.18 Å². The van der Waals surface area contributed by atoms with E-state index in [2.05, 4.69) is 5.32 Å². The molecule has 1 aromatic carbocycles. The van der Waals surface area contributed by atoms with Crippen molar-refractivity contribution in [1.29, 1.82) is 0 Å². The van der Waals surface area contributed by atoms with Gasteiger partial charge in [-0.25, -0.2) is 4.79 Å². The highest BCUT2D eigenvalue weighted by Crippen LogP contribution is 2.30. The zero-order valence-corrected chi connectivity index (χ0v) is 11.2. The van der Waals surface area contributed by atoms with Crippen LogP contribution in [0.2, 0.25) is 0 Å². The maximum atomic E-state index is 12.4. The van der Waals surface area contributed by atoms with Crippen LogP contribution in [0.4, 0.5) is 18.0 Å². The fourth-order valence-electron chi connectivity index (χ4n) is 2.09. The molecule has 1 aromatic rings. The van der Waals surface area contributed by atoms with Crippen molar-refractivity contribution in [2.75, 3.05) is 13.1 Å². The Bertz CT molecular complexity index is 520. The lowest BCUT2D eigenvalue weighted by atomic mass is 10.1. The maximum Gasteiger partial charge on any atom is 0.416 e. The normalized spacial score (nSPS) is 19.1. The van der Waals surface area contributed by atoms with Gasteiger partial charge in [0.05, 0.1) is 18.7 Å². The van der Waals surface area contributed by atoms with Crippen LogP contribution < -0.4 is 10.1 Å². The lowest BCUT2D eigenvalue weighted by molar-refractivity contribution is -0.137. The standard InChI is InChI=1S/C14H15F3N2O2/c15-14(16,17)9-1-5-11(6-2-9)21-12-7-19(8-12)13(20)18-10-3-4-10/h1-2,5-6,10,12H,3-4,7-8H2,(H,18,20). The molecular formula is C14H15F3N2O2. The number of ether oxygens (including phenoxy) is 1. The van der Waals surface area contributed by atoms with Crippen molar-refractivity contribution in [3.05, 3.63) is 29.8 Å². The average molecular weight is 300 g/mol. The highest BCUT2D eigenvalue weighted by molar-refractivity contribution is 5.75. The van der Waals surface area contributed by atoms with Crippen molar-refractivity contribution in [3.8, 4) is 5.75 Å². The number of alkyl halides is 3. The molecule has 4 nitrogen and oxygen atoms in total. The molecule has 1 N–H and O–H groups in total. The third-order valence-corrected chi connectivity index (χ3v) is 3.52. The summed E-state index contributed by atoms with van der Waals surface area (Å²) < 4.78 is 42.8. The Hall–Kier alpha value is -1.92. The first-order valence-corrected chi connectivity index (χ1v) is 6.81. The Labute approximate surface area is 119 Å². The monoisotopic (exact) mass is 300 g/mol. The van der Waals surface area contributed by atoms with Crippen LogP contribution >= 0.6 is 0 Å². The summed E-state index contributed by atoms with van der Waals surface area (Å²) in [5.74, 6) is 0.384. The fraction of sp³-hybridized carbons (Fsp3) is 0.500. The average Bonchev–Trinajstić information content (AvgIpc) is 3.16. The molecule has 1 aliphatic heterocycles. The first-order valence-electron chi connectivity index (χ1n) is 6.81. The van der Waals surface area contributed by atoms with Crippen LogP contribution in [0.1, 0.15) is 18.4 Å². The highest BCUT2D eigenvalue weighted by Gasteiger charge is 2.35. The Morgan fingerprint density at radius 2 is 1.81 bits per heavy atom. The Kier molecular flexibility index (Phi) is 3.43. The molecular weight excluding hydrogens is 285 g/mol. The Morgan fingerprint density at radius 3 is 2.33 bits per heavy atom. The van der Waals surface area contributed by atoms with Gasteiger partial charge in [-0.3, -0.25) is 0 Å².